The van der Waals surface area contributed by atoms with Gasteiger partial charge in [-0.05, 0) is 59.9 Å². The highest BCUT2D eigenvalue weighted by molar-refractivity contribution is 7.99. The summed E-state index contributed by atoms with van der Waals surface area (Å²) in [7, 11) is 0. The Morgan fingerprint density at radius 3 is 2.46 bits per heavy atom. The van der Waals surface area contributed by atoms with Gasteiger partial charge in [0, 0.05) is 6.54 Å². The molecular weight excluding hydrogens is 456 g/mol. The molecule has 0 saturated heterocycles. The molecule has 0 unspecified atom stereocenters. The van der Waals surface area contributed by atoms with E-state index in [1.165, 1.54) is 27.5 Å². The lowest BCUT2D eigenvalue weighted by molar-refractivity contribution is -0.118. The largest absolute Gasteiger partial charge is 0.355 e. The lowest BCUT2D eigenvalue weighted by Gasteiger charge is -2.13. The van der Waals surface area contributed by atoms with Crippen molar-refractivity contribution in [2.45, 2.75) is 31.3 Å². The molecule has 4 rings (SSSR count). The highest BCUT2D eigenvalue weighted by Gasteiger charge is 2.15. The van der Waals surface area contributed by atoms with Crippen LogP contribution in [0.25, 0.3) is 16.6 Å². The molecule has 6 nitrogen and oxygen atoms in total. The number of aromatic nitrogens is 2. The van der Waals surface area contributed by atoms with E-state index in [-0.39, 0.29) is 17.2 Å². The second kappa shape index (κ2) is 11.0. The average Bonchev–Trinajstić information content (AvgIpc) is 2.88. The van der Waals surface area contributed by atoms with E-state index >= 15 is 0 Å². The Bertz CT molecular complexity index is 1440. The Balaban J connectivity index is 1.47. The molecule has 0 bridgehead atoms. The van der Waals surface area contributed by atoms with E-state index in [0.29, 0.717) is 39.8 Å². The van der Waals surface area contributed by atoms with Gasteiger partial charge in [0.1, 0.15) is 0 Å². The van der Waals surface area contributed by atoms with E-state index in [0.717, 1.165) is 6.42 Å². The van der Waals surface area contributed by atoms with Crippen LogP contribution in [0.3, 0.4) is 0 Å². The van der Waals surface area contributed by atoms with Crippen LogP contribution in [0.15, 0.2) is 82.7 Å². The third-order valence-corrected chi connectivity index (χ3v) is 6.65. The summed E-state index contributed by atoms with van der Waals surface area (Å²) in [5.41, 5.74) is 3.93. The van der Waals surface area contributed by atoms with Gasteiger partial charge in [-0.2, -0.15) is 5.26 Å². The zero-order chi connectivity index (χ0) is 24.8. The molecule has 7 heteroatoms. The number of amides is 1. The summed E-state index contributed by atoms with van der Waals surface area (Å²) in [6.45, 7) is 4.87. The highest BCUT2D eigenvalue weighted by Crippen LogP contribution is 2.21. The molecule has 3 aromatic carbocycles. The Morgan fingerprint density at radius 2 is 1.77 bits per heavy atom. The van der Waals surface area contributed by atoms with Crippen molar-refractivity contribution < 1.29 is 4.79 Å². The number of benzene rings is 3. The van der Waals surface area contributed by atoms with Crippen molar-refractivity contribution in [3.8, 4) is 11.8 Å². The van der Waals surface area contributed by atoms with Gasteiger partial charge >= 0.3 is 0 Å². The number of nitrogens with one attached hydrogen (secondary N) is 1. The monoisotopic (exact) mass is 482 g/mol. The molecule has 0 saturated carbocycles. The molecule has 0 fully saturated rings. The van der Waals surface area contributed by atoms with Crippen molar-refractivity contribution in [2.24, 2.45) is 0 Å². The van der Waals surface area contributed by atoms with Crippen LogP contribution in [0.4, 0.5) is 0 Å². The fraction of sp³-hybridized carbons (Fsp3) is 0.214. The van der Waals surface area contributed by atoms with Gasteiger partial charge in [0.25, 0.3) is 5.56 Å². The second-order valence-electron chi connectivity index (χ2n) is 8.50. The number of nitriles is 1. The molecular formula is C28H26N4O2S. The summed E-state index contributed by atoms with van der Waals surface area (Å²) in [5, 5.41) is 13.0. The average molecular weight is 483 g/mol. The lowest BCUT2D eigenvalue weighted by atomic mass is 10.0. The third kappa shape index (κ3) is 5.79. The molecule has 35 heavy (non-hydrogen) atoms. The lowest BCUT2D eigenvalue weighted by Crippen LogP contribution is -2.28. The van der Waals surface area contributed by atoms with Gasteiger partial charge in [0.2, 0.25) is 5.91 Å². The molecule has 0 radical (unpaired) electrons. The number of para-hydroxylation sites is 1. The Morgan fingerprint density at radius 1 is 1.06 bits per heavy atom. The van der Waals surface area contributed by atoms with Crippen molar-refractivity contribution in [3.63, 3.8) is 0 Å². The summed E-state index contributed by atoms with van der Waals surface area (Å²) < 4.78 is 1.50. The minimum atomic E-state index is -0.215. The number of hydrogen-bond acceptors (Lipinski definition) is 5. The standard InChI is InChI=1S/C28H26N4O2S/c1-19(2)22-11-7-20(8-12-22)15-16-30-26(33)18-35-28-31-25-6-4-3-5-24(25)27(34)32(28)23-13-9-21(17-29)10-14-23/h3-14,19H,15-16,18H2,1-2H3,(H,30,33). The molecule has 0 spiro atoms. The first kappa shape index (κ1) is 24.2. The quantitative estimate of drug-likeness (QED) is 0.287. The summed E-state index contributed by atoms with van der Waals surface area (Å²) in [6, 6.07) is 24.4. The zero-order valence-electron chi connectivity index (χ0n) is 19.7. The smallest absolute Gasteiger partial charge is 0.266 e. The van der Waals surface area contributed by atoms with Gasteiger partial charge in [-0.25, -0.2) is 4.98 Å². The van der Waals surface area contributed by atoms with Crippen LogP contribution in [0.2, 0.25) is 0 Å². The van der Waals surface area contributed by atoms with Gasteiger partial charge in [0.05, 0.1) is 34.0 Å². The Hall–Kier alpha value is -3.89. The summed E-state index contributed by atoms with van der Waals surface area (Å²) in [5.74, 6) is 0.502. The predicted molar refractivity (Wildman–Crippen MR) is 140 cm³/mol. The number of nitrogens with zero attached hydrogens (tertiary/aromatic N) is 3. The number of fused-ring (bicyclic) bond motifs is 1. The topological polar surface area (TPSA) is 87.8 Å². The SMILES string of the molecule is CC(C)c1ccc(CCNC(=O)CSc2nc3ccccc3c(=O)n2-c2ccc(C#N)cc2)cc1. The van der Waals surface area contributed by atoms with E-state index in [9.17, 15) is 9.59 Å². The van der Waals surface area contributed by atoms with E-state index in [4.69, 9.17) is 5.26 Å². The van der Waals surface area contributed by atoms with Gasteiger partial charge in [0.15, 0.2) is 5.16 Å². The Labute approximate surface area is 208 Å². The van der Waals surface area contributed by atoms with Gasteiger partial charge < -0.3 is 5.32 Å². The van der Waals surface area contributed by atoms with Gasteiger partial charge in [-0.15, -0.1) is 0 Å². The number of thioether (sulfide) groups is 1. The van der Waals surface area contributed by atoms with Crippen molar-refractivity contribution in [3.05, 3.63) is 99.8 Å². The summed E-state index contributed by atoms with van der Waals surface area (Å²) in [4.78, 5) is 30.5. The van der Waals surface area contributed by atoms with Crippen molar-refractivity contribution in [1.29, 1.82) is 5.26 Å². The first-order valence-corrected chi connectivity index (χ1v) is 12.5. The zero-order valence-corrected chi connectivity index (χ0v) is 20.5. The van der Waals surface area contributed by atoms with Crippen LogP contribution in [0, 0.1) is 11.3 Å². The van der Waals surface area contributed by atoms with Crippen LogP contribution in [-0.4, -0.2) is 27.8 Å². The summed E-state index contributed by atoms with van der Waals surface area (Å²) >= 11 is 1.22. The van der Waals surface area contributed by atoms with E-state index in [2.05, 4.69) is 54.5 Å². The van der Waals surface area contributed by atoms with Crippen molar-refractivity contribution in [2.75, 3.05) is 12.3 Å². The van der Waals surface area contributed by atoms with E-state index in [1.807, 2.05) is 6.07 Å². The third-order valence-electron chi connectivity index (χ3n) is 5.71. The van der Waals surface area contributed by atoms with Crippen LogP contribution < -0.4 is 10.9 Å². The maximum Gasteiger partial charge on any atom is 0.266 e. The number of hydrogen-bond donors (Lipinski definition) is 1. The fourth-order valence-electron chi connectivity index (χ4n) is 3.72. The minimum Gasteiger partial charge on any atom is -0.355 e. The second-order valence-corrected chi connectivity index (χ2v) is 9.44. The number of carbonyl (C=O) groups is 1. The first-order chi connectivity index (χ1) is 17.0. The maximum atomic E-state index is 13.3. The number of carbonyl (C=O) groups excluding carboxylic acids is 1. The minimum absolute atomic E-state index is 0.123. The molecule has 176 valence electrons. The molecule has 0 aliphatic heterocycles. The molecule has 4 aromatic rings. The van der Waals surface area contributed by atoms with Crippen molar-refractivity contribution >= 4 is 28.6 Å². The van der Waals surface area contributed by atoms with Gasteiger partial charge in [-0.3, -0.25) is 14.2 Å². The fourth-order valence-corrected chi connectivity index (χ4v) is 4.56. The van der Waals surface area contributed by atoms with Crippen molar-refractivity contribution in [1.82, 2.24) is 14.9 Å². The normalized spacial score (nSPS) is 10.9. The van der Waals surface area contributed by atoms with E-state index < -0.39 is 0 Å². The van der Waals surface area contributed by atoms with Crippen LogP contribution in [0.1, 0.15) is 36.5 Å². The molecule has 0 aliphatic carbocycles. The highest BCUT2D eigenvalue weighted by atomic mass is 32.2. The number of rotatable bonds is 8. The van der Waals surface area contributed by atoms with Gasteiger partial charge in [-0.1, -0.05) is 62.0 Å². The molecule has 1 heterocycles. The van der Waals surface area contributed by atoms with Crippen LogP contribution >= 0.6 is 11.8 Å². The van der Waals surface area contributed by atoms with Crippen LogP contribution in [0.5, 0.6) is 0 Å². The predicted octanol–water partition coefficient (Wildman–Crippen LogP) is 4.83. The maximum absolute atomic E-state index is 13.3. The molecule has 1 aromatic heterocycles. The Kier molecular flexibility index (Phi) is 7.64. The molecule has 1 N–H and O–H groups in total. The first-order valence-electron chi connectivity index (χ1n) is 11.5. The molecule has 1 amide bonds. The van der Waals surface area contributed by atoms with Crippen LogP contribution in [-0.2, 0) is 11.2 Å². The summed E-state index contributed by atoms with van der Waals surface area (Å²) in [6.07, 6.45) is 0.749. The molecule has 0 aliphatic rings. The van der Waals surface area contributed by atoms with E-state index in [1.54, 1.807) is 42.5 Å². The molecule has 0 atom stereocenters.